The van der Waals surface area contributed by atoms with Gasteiger partial charge in [0.1, 0.15) is 5.69 Å². The molecule has 4 rings (SSSR count). The minimum absolute atomic E-state index is 0.112. The maximum Gasteiger partial charge on any atom is 0.305 e. The highest BCUT2D eigenvalue weighted by molar-refractivity contribution is 5.96. The third kappa shape index (κ3) is 14.3. The van der Waals surface area contributed by atoms with Gasteiger partial charge in [0.2, 0.25) is 5.82 Å². The summed E-state index contributed by atoms with van der Waals surface area (Å²) >= 11 is 0. The zero-order chi connectivity index (χ0) is 36.4. The lowest BCUT2D eigenvalue weighted by Gasteiger charge is -2.13. The molecule has 3 N–H and O–H groups in total. The minimum Gasteiger partial charge on any atom is -0.399 e. The highest BCUT2D eigenvalue weighted by Crippen LogP contribution is 2.29. The molecule has 0 heterocycles. The predicted octanol–water partition coefficient (Wildman–Crippen LogP) is 8.71. The van der Waals surface area contributed by atoms with Gasteiger partial charge in [-0.25, -0.2) is 0 Å². The molecule has 0 atom stereocenters. The Labute approximate surface area is 280 Å². The van der Waals surface area contributed by atoms with Crippen molar-refractivity contribution in [3.05, 3.63) is 133 Å². The normalized spacial score (nSPS) is 9.85. The molecular formula is C36H44FN5O6. The molecule has 0 saturated heterocycles. The minimum atomic E-state index is -0.935. The molecule has 0 saturated carbocycles. The molecule has 0 fully saturated rings. The van der Waals surface area contributed by atoms with Crippen LogP contribution in [0.25, 0.3) is 0 Å². The molecule has 0 aliphatic carbocycles. The van der Waals surface area contributed by atoms with E-state index in [9.17, 15) is 34.2 Å². The van der Waals surface area contributed by atoms with Gasteiger partial charge in [0.15, 0.2) is 11.6 Å². The molecule has 4 aromatic rings. The molecule has 0 radical (unpaired) electrons. The van der Waals surface area contributed by atoms with E-state index in [-0.39, 0.29) is 22.8 Å². The maximum atomic E-state index is 12.7. The van der Waals surface area contributed by atoms with Crippen molar-refractivity contribution >= 4 is 40.0 Å². The van der Waals surface area contributed by atoms with E-state index >= 15 is 0 Å². The second-order valence-electron chi connectivity index (χ2n) is 10.6. The van der Waals surface area contributed by atoms with E-state index in [0.717, 1.165) is 29.1 Å². The first-order chi connectivity index (χ1) is 22.6. The number of nitrogens with one attached hydrogen (secondary N) is 1. The van der Waals surface area contributed by atoms with Gasteiger partial charge in [0, 0.05) is 34.6 Å². The molecule has 256 valence electrons. The molecule has 0 spiro atoms. The zero-order valence-corrected chi connectivity index (χ0v) is 28.5. The molecule has 0 aliphatic rings. The number of benzene rings is 4. The van der Waals surface area contributed by atoms with E-state index in [1.807, 2.05) is 62.4 Å². The zero-order valence-electron chi connectivity index (χ0n) is 28.5. The number of ketones is 2. The number of anilines is 3. The molecule has 12 heteroatoms. The second kappa shape index (κ2) is 20.6. The molecule has 0 amide bonds. The van der Waals surface area contributed by atoms with E-state index in [1.54, 1.807) is 12.1 Å². The van der Waals surface area contributed by atoms with E-state index in [4.69, 9.17) is 5.73 Å². The summed E-state index contributed by atoms with van der Waals surface area (Å²) in [7, 11) is 0. The summed E-state index contributed by atoms with van der Waals surface area (Å²) in [6.07, 6.45) is 0. The van der Waals surface area contributed by atoms with Crippen molar-refractivity contribution in [1.82, 2.24) is 4.90 Å². The van der Waals surface area contributed by atoms with Crippen LogP contribution in [0.2, 0.25) is 0 Å². The quantitative estimate of drug-likeness (QED) is 0.0773. The number of nitrogens with two attached hydrogens (primary N) is 1. The van der Waals surface area contributed by atoms with Gasteiger partial charge in [-0.05, 0) is 107 Å². The number of nitrogen functional groups attached to an aromatic ring is 1. The Balaban J connectivity index is 0.000000352. The van der Waals surface area contributed by atoms with Crippen LogP contribution in [-0.4, -0.2) is 45.9 Å². The van der Waals surface area contributed by atoms with Crippen LogP contribution in [0.1, 0.15) is 66.5 Å². The van der Waals surface area contributed by atoms with Gasteiger partial charge >= 0.3 is 5.69 Å². The largest absolute Gasteiger partial charge is 0.399 e. The standard InChI is InChI=1S/C15H14N2O3.C8H6FNO3.C7H9N.C6H15N/c1-10-4-3-5-13(8-10)16-14-7-6-12(11(2)18)9-15(14)17(19)20;1-5(11)6-2-3-7(9)8(4-6)10(12)13;1-6-3-2-4-7(8)5-6;1-4-7(5-2)6-3/h3-9,16H,1-2H3;2-4H,1H3;2-5H,8H2,1H3;4-6H2,1-3H3. The average molecular weight is 662 g/mol. The second-order valence-corrected chi connectivity index (χ2v) is 10.6. The first kappa shape index (κ1) is 40.5. The molecule has 0 bridgehead atoms. The van der Waals surface area contributed by atoms with Gasteiger partial charge in [0.05, 0.1) is 9.85 Å². The number of halogens is 1. The summed E-state index contributed by atoms with van der Waals surface area (Å²) in [6, 6.07) is 22.8. The van der Waals surface area contributed by atoms with Crippen LogP contribution < -0.4 is 11.1 Å². The smallest absolute Gasteiger partial charge is 0.305 e. The summed E-state index contributed by atoms with van der Waals surface area (Å²) in [5.74, 6) is -1.46. The molecule has 0 aromatic heterocycles. The van der Waals surface area contributed by atoms with Gasteiger partial charge in [0.25, 0.3) is 5.69 Å². The SMILES string of the molecule is CC(=O)c1ccc(F)c([N+](=O)[O-])c1.CC(=O)c1ccc(Nc2cccc(C)c2)c([N+](=O)[O-])c1.CCN(CC)CC.Cc1cccc(N)c1. The number of hydrogen-bond donors (Lipinski definition) is 2. The van der Waals surface area contributed by atoms with Crippen LogP contribution in [0.4, 0.5) is 32.8 Å². The van der Waals surface area contributed by atoms with Crippen molar-refractivity contribution in [2.45, 2.75) is 48.5 Å². The number of nitro benzene ring substituents is 2. The number of nitro groups is 2. The number of nitrogens with zero attached hydrogens (tertiary/aromatic N) is 3. The van der Waals surface area contributed by atoms with Crippen molar-refractivity contribution in [1.29, 1.82) is 0 Å². The third-order valence-corrected chi connectivity index (χ3v) is 6.83. The summed E-state index contributed by atoms with van der Waals surface area (Å²) in [4.78, 5) is 44.5. The molecule has 4 aromatic carbocycles. The number of carbonyl (C=O) groups is 2. The average Bonchev–Trinajstić information content (AvgIpc) is 3.03. The van der Waals surface area contributed by atoms with E-state index < -0.39 is 21.4 Å². The Hall–Kier alpha value is -5.49. The Morgan fingerprint density at radius 3 is 1.60 bits per heavy atom. The van der Waals surface area contributed by atoms with Crippen LogP contribution in [-0.2, 0) is 0 Å². The van der Waals surface area contributed by atoms with Gasteiger partial charge in [-0.15, -0.1) is 0 Å². The van der Waals surface area contributed by atoms with Gasteiger partial charge in [-0.3, -0.25) is 29.8 Å². The molecule has 11 nitrogen and oxygen atoms in total. The Bertz CT molecular complexity index is 1670. The highest BCUT2D eigenvalue weighted by atomic mass is 19.1. The third-order valence-electron chi connectivity index (χ3n) is 6.83. The van der Waals surface area contributed by atoms with E-state index in [0.29, 0.717) is 11.3 Å². The Kier molecular flexibility index (Phi) is 17.4. The van der Waals surface area contributed by atoms with Gasteiger partial charge in [-0.2, -0.15) is 4.39 Å². The lowest BCUT2D eigenvalue weighted by atomic mass is 10.1. The Morgan fingerprint density at radius 1 is 0.729 bits per heavy atom. The molecular weight excluding hydrogens is 617 g/mol. The lowest BCUT2D eigenvalue weighted by molar-refractivity contribution is -0.387. The maximum absolute atomic E-state index is 12.7. The van der Waals surface area contributed by atoms with Crippen LogP contribution in [0.15, 0.2) is 84.9 Å². The van der Waals surface area contributed by atoms with Crippen molar-refractivity contribution in [2.24, 2.45) is 0 Å². The van der Waals surface area contributed by atoms with Crippen LogP contribution in [0, 0.1) is 39.9 Å². The number of carbonyl (C=O) groups excluding carboxylic acids is 2. The van der Waals surface area contributed by atoms with Crippen LogP contribution >= 0.6 is 0 Å². The topological polar surface area (TPSA) is 162 Å². The summed E-state index contributed by atoms with van der Waals surface area (Å²) in [5.41, 5.74) is 9.37. The summed E-state index contributed by atoms with van der Waals surface area (Å²) in [6.45, 7) is 16.7. The fraction of sp³-hybridized carbons (Fsp3) is 0.278. The molecule has 0 unspecified atom stereocenters. The summed E-state index contributed by atoms with van der Waals surface area (Å²) in [5, 5.41) is 24.4. The number of aryl methyl sites for hydroxylation is 2. The first-order valence-electron chi connectivity index (χ1n) is 15.3. The number of hydrogen-bond acceptors (Lipinski definition) is 9. The van der Waals surface area contributed by atoms with Gasteiger partial charge < -0.3 is 16.0 Å². The van der Waals surface area contributed by atoms with Crippen molar-refractivity contribution in [3.63, 3.8) is 0 Å². The van der Waals surface area contributed by atoms with Crippen LogP contribution in [0.5, 0.6) is 0 Å². The fourth-order valence-electron chi connectivity index (χ4n) is 4.10. The lowest BCUT2D eigenvalue weighted by Crippen LogP contribution is -2.21. The van der Waals surface area contributed by atoms with Crippen molar-refractivity contribution in [3.8, 4) is 0 Å². The predicted molar refractivity (Wildman–Crippen MR) is 190 cm³/mol. The van der Waals surface area contributed by atoms with E-state index in [1.165, 1.54) is 51.2 Å². The van der Waals surface area contributed by atoms with Crippen LogP contribution in [0.3, 0.4) is 0 Å². The summed E-state index contributed by atoms with van der Waals surface area (Å²) < 4.78 is 12.7. The number of Topliss-reactive ketones (excluding diaryl/α,β-unsaturated/α-hetero) is 2. The molecule has 48 heavy (non-hydrogen) atoms. The van der Waals surface area contributed by atoms with E-state index in [2.05, 4.69) is 31.0 Å². The van der Waals surface area contributed by atoms with Crippen molar-refractivity contribution in [2.75, 3.05) is 30.7 Å². The van der Waals surface area contributed by atoms with Gasteiger partial charge in [-0.1, -0.05) is 45.0 Å². The number of rotatable bonds is 9. The first-order valence-corrected chi connectivity index (χ1v) is 15.3. The Morgan fingerprint density at radius 2 is 1.21 bits per heavy atom. The van der Waals surface area contributed by atoms with Crippen molar-refractivity contribution < 1.29 is 23.8 Å². The molecule has 0 aliphatic heterocycles. The fourth-order valence-corrected chi connectivity index (χ4v) is 4.10. The monoisotopic (exact) mass is 661 g/mol. The highest BCUT2D eigenvalue weighted by Gasteiger charge is 2.17.